The van der Waals surface area contributed by atoms with Gasteiger partial charge in [-0.1, -0.05) is 13.8 Å². The Morgan fingerprint density at radius 2 is 2.11 bits per heavy atom. The highest BCUT2D eigenvalue weighted by Gasteiger charge is 2.28. The average molecular weight is 283 g/mol. The van der Waals surface area contributed by atoms with E-state index in [0.717, 1.165) is 6.20 Å². The van der Waals surface area contributed by atoms with Gasteiger partial charge in [-0.3, -0.25) is 4.79 Å². The molecule has 0 spiro atoms. The third-order valence-electron chi connectivity index (χ3n) is 2.38. The van der Waals surface area contributed by atoms with E-state index >= 15 is 0 Å². The van der Waals surface area contributed by atoms with Gasteiger partial charge in [-0.25, -0.2) is 13.4 Å². The molecule has 7 nitrogen and oxygen atoms in total. The number of carbonyl (C=O) groups is 1. The van der Waals surface area contributed by atoms with Crippen LogP contribution < -0.4 is 4.72 Å². The van der Waals surface area contributed by atoms with Gasteiger partial charge in [0.25, 0.3) is 0 Å². The number of carboxylic acid groups (broad SMARTS) is 1. The van der Waals surface area contributed by atoms with E-state index in [4.69, 9.17) is 10.4 Å². The Balaban J connectivity index is 3.03. The van der Waals surface area contributed by atoms with Crippen molar-refractivity contribution in [1.29, 1.82) is 5.26 Å². The lowest BCUT2D eigenvalue weighted by Gasteiger charge is -2.17. The molecular formula is C11H13N3O4S. The zero-order valence-electron chi connectivity index (χ0n) is 10.4. The van der Waals surface area contributed by atoms with Gasteiger partial charge in [-0.05, 0) is 18.1 Å². The summed E-state index contributed by atoms with van der Waals surface area (Å²) in [6.45, 7) is 3.19. The van der Waals surface area contributed by atoms with Crippen molar-refractivity contribution in [3.05, 3.63) is 24.0 Å². The van der Waals surface area contributed by atoms with Crippen molar-refractivity contribution in [1.82, 2.24) is 9.71 Å². The molecule has 0 bridgehead atoms. The monoisotopic (exact) mass is 283 g/mol. The molecule has 8 heteroatoms. The van der Waals surface area contributed by atoms with Crippen LogP contribution in [0.2, 0.25) is 0 Å². The summed E-state index contributed by atoms with van der Waals surface area (Å²) in [5.41, 5.74) is 0.0811. The van der Waals surface area contributed by atoms with Crippen LogP contribution in [0.4, 0.5) is 0 Å². The molecule has 0 aliphatic heterocycles. The Bertz CT molecular complexity index is 602. The van der Waals surface area contributed by atoms with Gasteiger partial charge in [0.05, 0.1) is 0 Å². The van der Waals surface area contributed by atoms with E-state index in [0.29, 0.717) is 0 Å². The number of hydrogen-bond acceptors (Lipinski definition) is 5. The predicted molar refractivity (Wildman–Crippen MR) is 65.5 cm³/mol. The van der Waals surface area contributed by atoms with E-state index in [2.05, 4.69) is 9.71 Å². The van der Waals surface area contributed by atoms with Crippen LogP contribution in [0.5, 0.6) is 0 Å². The molecule has 1 aromatic rings. The van der Waals surface area contributed by atoms with E-state index < -0.39 is 28.0 Å². The van der Waals surface area contributed by atoms with E-state index in [1.807, 2.05) is 0 Å². The summed E-state index contributed by atoms with van der Waals surface area (Å²) in [6.07, 6.45) is 1.01. The number of rotatable bonds is 5. The topological polar surface area (TPSA) is 120 Å². The molecule has 1 aromatic heterocycles. The summed E-state index contributed by atoms with van der Waals surface area (Å²) in [5, 5.41) is 17.5. The first-order chi connectivity index (χ1) is 8.77. The van der Waals surface area contributed by atoms with Crippen molar-refractivity contribution in [2.75, 3.05) is 0 Å². The van der Waals surface area contributed by atoms with Gasteiger partial charge in [0.1, 0.15) is 22.7 Å². The van der Waals surface area contributed by atoms with Crippen LogP contribution in [-0.4, -0.2) is 30.5 Å². The Morgan fingerprint density at radius 1 is 1.47 bits per heavy atom. The Hall–Kier alpha value is -1.98. The zero-order chi connectivity index (χ0) is 14.6. The minimum atomic E-state index is -3.98. The Morgan fingerprint density at radius 3 is 2.47 bits per heavy atom. The molecule has 102 valence electrons. The fourth-order valence-electron chi connectivity index (χ4n) is 1.31. The highest BCUT2D eigenvalue weighted by molar-refractivity contribution is 7.89. The molecule has 1 heterocycles. The summed E-state index contributed by atoms with van der Waals surface area (Å²) < 4.78 is 26.0. The maximum Gasteiger partial charge on any atom is 0.322 e. The van der Waals surface area contributed by atoms with Crippen molar-refractivity contribution in [3.8, 4) is 6.07 Å². The van der Waals surface area contributed by atoms with Crippen LogP contribution in [0.3, 0.4) is 0 Å². The van der Waals surface area contributed by atoms with Crippen LogP contribution in [0.1, 0.15) is 19.5 Å². The van der Waals surface area contributed by atoms with Crippen molar-refractivity contribution < 1.29 is 18.3 Å². The van der Waals surface area contributed by atoms with Crippen LogP contribution in [0, 0.1) is 17.2 Å². The smallest absolute Gasteiger partial charge is 0.322 e. The first-order valence-electron chi connectivity index (χ1n) is 5.39. The van der Waals surface area contributed by atoms with Gasteiger partial charge in [-0.2, -0.15) is 9.98 Å². The summed E-state index contributed by atoms with van der Waals surface area (Å²) in [7, 11) is -3.98. The average Bonchev–Trinajstić information content (AvgIpc) is 2.35. The number of nitriles is 1. The number of aliphatic carboxylic acids is 1. The van der Waals surface area contributed by atoms with Crippen LogP contribution in [-0.2, 0) is 14.8 Å². The third kappa shape index (κ3) is 3.74. The maximum atomic E-state index is 12.0. The molecule has 0 radical (unpaired) electrons. The molecule has 0 fully saturated rings. The lowest BCUT2D eigenvalue weighted by Crippen LogP contribution is -2.44. The molecule has 1 unspecified atom stereocenters. The molecule has 0 saturated heterocycles. The number of hydrogen-bond donors (Lipinski definition) is 2. The summed E-state index contributed by atoms with van der Waals surface area (Å²) in [5.74, 6) is -1.65. The van der Waals surface area contributed by atoms with Gasteiger partial charge in [0, 0.05) is 6.20 Å². The van der Waals surface area contributed by atoms with Crippen molar-refractivity contribution >= 4 is 16.0 Å². The molecule has 0 aliphatic rings. The molecular weight excluding hydrogens is 270 g/mol. The molecule has 1 rings (SSSR count). The number of carboxylic acids is 1. The van der Waals surface area contributed by atoms with Gasteiger partial charge in [0.15, 0.2) is 0 Å². The molecule has 0 aliphatic carbocycles. The third-order valence-corrected chi connectivity index (χ3v) is 3.80. The standard InChI is InChI=1S/C11H13N3O4S/c1-7(2)10(11(15)16)14-19(17,18)9-4-3-8(5-12)13-6-9/h3-4,6-7,10,14H,1-2H3,(H,15,16). The van der Waals surface area contributed by atoms with Crippen LogP contribution >= 0.6 is 0 Å². The Labute approximate surface area is 110 Å². The summed E-state index contributed by atoms with van der Waals surface area (Å²) >= 11 is 0. The lowest BCUT2D eigenvalue weighted by atomic mass is 10.1. The second-order valence-corrected chi connectivity index (χ2v) is 5.89. The minimum absolute atomic E-state index is 0.0811. The quantitative estimate of drug-likeness (QED) is 0.804. The van der Waals surface area contributed by atoms with Crippen LogP contribution in [0.25, 0.3) is 0 Å². The molecule has 19 heavy (non-hydrogen) atoms. The highest BCUT2D eigenvalue weighted by atomic mass is 32.2. The van der Waals surface area contributed by atoms with Gasteiger partial charge in [-0.15, -0.1) is 0 Å². The second kappa shape index (κ2) is 5.77. The maximum absolute atomic E-state index is 12.0. The van der Waals surface area contributed by atoms with Gasteiger partial charge >= 0.3 is 5.97 Å². The second-order valence-electron chi connectivity index (χ2n) is 4.17. The number of nitrogens with one attached hydrogen (secondary N) is 1. The van der Waals surface area contributed by atoms with E-state index in [1.165, 1.54) is 12.1 Å². The number of aromatic nitrogens is 1. The van der Waals surface area contributed by atoms with Gasteiger partial charge in [0.2, 0.25) is 10.0 Å². The fraction of sp³-hybridized carbons (Fsp3) is 0.364. The first kappa shape index (κ1) is 15.1. The lowest BCUT2D eigenvalue weighted by molar-refractivity contribution is -0.140. The summed E-state index contributed by atoms with van der Waals surface area (Å²) in [6, 6.07) is 2.99. The first-order valence-corrected chi connectivity index (χ1v) is 6.87. The van der Waals surface area contributed by atoms with Crippen molar-refractivity contribution in [2.45, 2.75) is 24.8 Å². The number of nitrogens with zero attached hydrogens (tertiary/aromatic N) is 2. The number of sulfonamides is 1. The molecule has 0 amide bonds. The molecule has 1 atom stereocenters. The van der Waals surface area contributed by atoms with E-state index in [-0.39, 0.29) is 10.6 Å². The largest absolute Gasteiger partial charge is 0.480 e. The minimum Gasteiger partial charge on any atom is -0.480 e. The van der Waals surface area contributed by atoms with E-state index in [1.54, 1.807) is 19.9 Å². The normalized spacial score (nSPS) is 12.9. The van der Waals surface area contributed by atoms with E-state index in [9.17, 15) is 13.2 Å². The highest BCUT2D eigenvalue weighted by Crippen LogP contribution is 2.11. The fourth-order valence-corrected chi connectivity index (χ4v) is 2.59. The summed E-state index contributed by atoms with van der Waals surface area (Å²) in [4.78, 5) is 14.4. The van der Waals surface area contributed by atoms with Crippen molar-refractivity contribution in [3.63, 3.8) is 0 Å². The molecule has 2 N–H and O–H groups in total. The number of pyridine rings is 1. The molecule has 0 aromatic carbocycles. The SMILES string of the molecule is CC(C)C(NS(=O)(=O)c1ccc(C#N)nc1)C(=O)O. The van der Waals surface area contributed by atoms with Gasteiger partial charge < -0.3 is 5.11 Å². The molecule has 0 saturated carbocycles. The van der Waals surface area contributed by atoms with Crippen LogP contribution in [0.15, 0.2) is 23.2 Å². The predicted octanol–water partition coefficient (Wildman–Crippen LogP) is 0.341. The van der Waals surface area contributed by atoms with Crippen molar-refractivity contribution in [2.24, 2.45) is 5.92 Å². The Kier molecular flexibility index (Phi) is 4.58. The zero-order valence-corrected chi connectivity index (χ0v) is 11.2.